The number of pyridine rings is 2. The second-order valence-corrected chi connectivity index (χ2v) is 5.20. The molecular weight excluding hydrogens is 328 g/mol. The van der Waals surface area contributed by atoms with E-state index < -0.39 is 0 Å². The lowest BCUT2D eigenvalue weighted by atomic mass is 10.2. The Hall–Kier alpha value is -1.65. The summed E-state index contributed by atoms with van der Waals surface area (Å²) < 4.78 is 6.56. The minimum absolute atomic E-state index is 0.364. The van der Waals surface area contributed by atoms with Crippen LogP contribution in [0.15, 0.2) is 53.3 Å². The SMILES string of the molecule is Clc1cc(Br)cnc1Oc1cccc2cccnc12. The molecule has 0 spiro atoms. The Bertz CT molecular complexity index is 743. The molecule has 0 N–H and O–H groups in total. The van der Waals surface area contributed by atoms with Gasteiger partial charge in [0.25, 0.3) is 0 Å². The van der Waals surface area contributed by atoms with Crippen molar-refractivity contribution in [1.82, 2.24) is 9.97 Å². The summed E-state index contributed by atoms with van der Waals surface area (Å²) in [6.45, 7) is 0. The quantitative estimate of drug-likeness (QED) is 0.672. The topological polar surface area (TPSA) is 35.0 Å². The molecule has 0 radical (unpaired) electrons. The van der Waals surface area contributed by atoms with Crippen LogP contribution in [-0.4, -0.2) is 9.97 Å². The van der Waals surface area contributed by atoms with Gasteiger partial charge in [0.1, 0.15) is 10.5 Å². The second kappa shape index (κ2) is 5.15. The number of fused-ring (bicyclic) bond motifs is 1. The van der Waals surface area contributed by atoms with Gasteiger partial charge in [0.2, 0.25) is 5.88 Å². The number of hydrogen-bond acceptors (Lipinski definition) is 3. The minimum Gasteiger partial charge on any atom is -0.435 e. The third-order valence-electron chi connectivity index (χ3n) is 2.58. The number of para-hydroxylation sites is 1. The average Bonchev–Trinajstić information content (AvgIpc) is 2.42. The number of halogens is 2. The summed E-state index contributed by atoms with van der Waals surface area (Å²) in [6, 6.07) is 11.3. The molecule has 0 aliphatic rings. The van der Waals surface area contributed by atoms with E-state index in [0.717, 1.165) is 15.4 Å². The highest BCUT2D eigenvalue weighted by Crippen LogP contribution is 2.32. The Labute approximate surface area is 123 Å². The van der Waals surface area contributed by atoms with E-state index in [1.807, 2.05) is 30.3 Å². The van der Waals surface area contributed by atoms with Gasteiger partial charge >= 0.3 is 0 Å². The Morgan fingerprint density at radius 1 is 1.11 bits per heavy atom. The van der Waals surface area contributed by atoms with Crippen molar-refractivity contribution in [1.29, 1.82) is 0 Å². The first-order valence-corrected chi connectivity index (χ1v) is 6.74. The van der Waals surface area contributed by atoms with Crippen molar-refractivity contribution in [2.75, 3.05) is 0 Å². The first-order valence-electron chi connectivity index (χ1n) is 5.57. The number of hydrogen-bond donors (Lipinski definition) is 0. The largest absolute Gasteiger partial charge is 0.435 e. The number of nitrogens with zero attached hydrogens (tertiary/aromatic N) is 2. The van der Waals surface area contributed by atoms with Gasteiger partial charge < -0.3 is 4.74 Å². The third kappa shape index (κ3) is 2.55. The first-order chi connectivity index (χ1) is 9.24. The molecule has 0 aliphatic heterocycles. The van der Waals surface area contributed by atoms with Gasteiger partial charge in [-0.05, 0) is 34.1 Å². The van der Waals surface area contributed by atoms with E-state index in [4.69, 9.17) is 16.3 Å². The van der Waals surface area contributed by atoms with E-state index in [9.17, 15) is 0 Å². The monoisotopic (exact) mass is 334 g/mol. The molecule has 0 saturated carbocycles. The summed E-state index contributed by atoms with van der Waals surface area (Å²) in [6.07, 6.45) is 3.37. The van der Waals surface area contributed by atoms with Crippen molar-refractivity contribution >= 4 is 38.4 Å². The molecule has 94 valence electrons. The molecule has 1 aromatic carbocycles. The first kappa shape index (κ1) is 12.4. The second-order valence-electron chi connectivity index (χ2n) is 3.87. The van der Waals surface area contributed by atoms with Crippen LogP contribution in [0.4, 0.5) is 0 Å². The zero-order chi connectivity index (χ0) is 13.2. The van der Waals surface area contributed by atoms with Crippen molar-refractivity contribution < 1.29 is 4.74 Å². The van der Waals surface area contributed by atoms with Crippen LogP contribution >= 0.6 is 27.5 Å². The summed E-state index contributed by atoms with van der Waals surface area (Å²) in [5, 5.41) is 1.45. The van der Waals surface area contributed by atoms with Crippen molar-refractivity contribution in [2.45, 2.75) is 0 Å². The van der Waals surface area contributed by atoms with Crippen LogP contribution in [0.2, 0.25) is 5.02 Å². The predicted octanol–water partition coefficient (Wildman–Crippen LogP) is 4.84. The van der Waals surface area contributed by atoms with Crippen LogP contribution < -0.4 is 4.74 Å². The van der Waals surface area contributed by atoms with Gasteiger partial charge in [0.05, 0.1) is 0 Å². The van der Waals surface area contributed by atoms with Crippen LogP contribution in [0.3, 0.4) is 0 Å². The molecule has 0 bridgehead atoms. The fourth-order valence-electron chi connectivity index (χ4n) is 1.74. The van der Waals surface area contributed by atoms with Crippen molar-refractivity contribution in [3.8, 4) is 11.6 Å². The summed E-state index contributed by atoms with van der Waals surface area (Å²) in [4.78, 5) is 8.47. The Kier molecular flexibility index (Phi) is 3.36. The highest BCUT2D eigenvalue weighted by atomic mass is 79.9. The van der Waals surface area contributed by atoms with E-state index >= 15 is 0 Å². The predicted molar refractivity (Wildman–Crippen MR) is 78.8 cm³/mol. The van der Waals surface area contributed by atoms with E-state index in [1.54, 1.807) is 18.5 Å². The Balaban J connectivity index is 2.06. The molecule has 0 unspecified atom stereocenters. The number of aromatic nitrogens is 2. The van der Waals surface area contributed by atoms with Crippen LogP contribution in [0.5, 0.6) is 11.6 Å². The van der Waals surface area contributed by atoms with E-state index in [1.165, 1.54) is 0 Å². The van der Waals surface area contributed by atoms with Crippen molar-refractivity contribution in [3.05, 3.63) is 58.3 Å². The molecule has 3 rings (SSSR count). The molecule has 3 aromatic rings. The molecule has 5 heteroatoms. The van der Waals surface area contributed by atoms with E-state index in [0.29, 0.717) is 16.7 Å². The highest BCUT2D eigenvalue weighted by molar-refractivity contribution is 9.10. The Morgan fingerprint density at radius 3 is 2.79 bits per heavy atom. The van der Waals surface area contributed by atoms with Crippen LogP contribution in [-0.2, 0) is 0 Å². The van der Waals surface area contributed by atoms with Gasteiger partial charge in [0.15, 0.2) is 5.75 Å². The number of ether oxygens (including phenoxy) is 1. The molecule has 2 aromatic heterocycles. The number of rotatable bonds is 2. The summed E-state index contributed by atoms with van der Waals surface area (Å²) in [5.41, 5.74) is 0.783. The lowest BCUT2D eigenvalue weighted by molar-refractivity contribution is 0.467. The van der Waals surface area contributed by atoms with Gasteiger partial charge in [-0.15, -0.1) is 0 Å². The number of benzene rings is 1. The summed E-state index contributed by atoms with van der Waals surface area (Å²) in [7, 11) is 0. The lowest BCUT2D eigenvalue weighted by Gasteiger charge is -2.08. The smallest absolute Gasteiger partial charge is 0.238 e. The van der Waals surface area contributed by atoms with Crippen molar-refractivity contribution in [2.24, 2.45) is 0 Å². The Morgan fingerprint density at radius 2 is 1.95 bits per heavy atom. The third-order valence-corrected chi connectivity index (χ3v) is 3.28. The fourth-order valence-corrected chi connectivity index (χ4v) is 2.41. The average molecular weight is 336 g/mol. The van der Waals surface area contributed by atoms with Crippen molar-refractivity contribution in [3.63, 3.8) is 0 Å². The van der Waals surface area contributed by atoms with Gasteiger partial charge in [-0.1, -0.05) is 29.8 Å². The molecule has 0 saturated heterocycles. The molecule has 0 amide bonds. The maximum absolute atomic E-state index is 6.09. The normalized spacial score (nSPS) is 10.6. The minimum atomic E-state index is 0.364. The molecular formula is C14H8BrClN2O. The van der Waals surface area contributed by atoms with Crippen LogP contribution in [0, 0.1) is 0 Å². The van der Waals surface area contributed by atoms with Gasteiger partial charge in [-0.3, -0.25) is 4.98 Å². The zero-order valence-corrected chi connectivity index (χ0v) is 12.0. The maximum atomic E-state index is 6.09. The lowest BCUT2D eigenvalue weighted by Crippen LogP contribution is -1.91. The maximum Gasteiger partial charge on any atom is 0.238 e. The van der Waals surface area contributed by atoms with Gasteiger partial charge in [-0.2, -0.15) is 0 Å². The molecule has 0 atom stereocenters. The molecule has 2 heterocycles. The van der Waals surface area contributed by atoms with E-state index in [-0.39, 0.29) is 0 Å². The summed E-state index contributed by atoms with van der Waals surface area (Å²) in [5.74, 6) is 0.998. The zero-order valence-electron chi connectivity index (χ0n) is 9.68. The van der Waals surface area contributed by atoms with Gasteiger partial charge in [-0.25, -0.2) is 4.98 Å². The van der Waals surface area contributed by atoms with E-state index in [2.05, 4.69) is 25.9 Å². The fraction of sp³-hybridized carbons (Fsp3) is 0. The van der Waals surface area contributed by atoms with Crippen LogP contribution in [0.1, 0.15) is 0 Å². The molecule has 0 fully saturated rings. The van der Waals surface area contributed by atoms with Crippen LogP contribution in [0.25, 0.3) is 10.9 Å². The van der Waals surface area contributed by atoms with Gasteiger partial charge in [0, 0.05) is 22.3 Å². The molecule has 3 nitrogen and oxygen atoms in total. The summed E-state index contributed by atoms with van der Waals surface area (Å²) >= 11 is 9.40. The molecule has 0 aliphatic carbocycles. The standard InChI is InChI=1S/C14H8BrClN2O/c15-10-7-11(16)14(18-8-10)19-12-5-1-3-9-4-2-6-17-13(9)12/h1-8H. The highest BCUT2D eigenvalue weighted by Gasteiger charge is 2.08. The molecule has 19 heavy (non-hydrogen) atoms.